The van der Waals surface area contributed by atoms with Gasteiger partial charge in [0, 0.05) is 38.9 Å². The number of hydrogen-bond acceptors (Lipinski definition) is 5. The Balaban J connectivity index is 2.20. The number of hydrogen-bond donors (Lipinski definition) is 0. The molecular weight excluding hydrogens is 305 g/mol. The van der Waals surface area contributed by atoms with Crippen molar-refractivity contribution >= 4 is 45.0 Å². The molecule has 6 atom stereocenters. The summed E-state index contributed by atoms with van der Waals surface area (Å²) in [7, 11) is 6.47. The van der Waals surface area contributed by atoms with E-state index in [0.29, 0.717) is 8.81 Å². The number of rotatable bonds is 2. The highest BCUT2D eigenvalue weighted by molar-refractivity contribution is 8.90. The normalized spacial score (nSPS) is 50.1. The molecule has 2 heterocycles. The van der Waals surface area contributed by atoms with Crippen LogP contribution in [0.3, 0.4) is 0 Å². The first-order valence-electron chi connectivity index (χ1n) is 6.03. The van der Waals surface area contributed by atoms with Gasteiger partial charge < -0.3 is 13.8 Å². The van der Waals surface area contributed by atoms with E-state index >= 15 is 0 Å². The van der Waals surface area contributed by atoms with Crippen LogP contribution in [-0.4, -0.2) is 50.4 Å². The predicted octanol–water partition coefficient (Wildman–Crippen LogP) is 3.19. The molecule has 0 amide bonds. The molecule has 18 heavy (non-hydrogen) atoms. The highest BCUT2D eigenvalue weighted by Crippen LogP contribution is 2.69. The molecule has 0 aromatic carbocycles. The topological polar surface area (TPSA) is 35.5 Å². The lowest BCUT2D eigenvalue weighted by atomic mass is 9.83. The Morgan fingerprint density at radius 2 is 2.28 bits per heavy atom. The smallest absolute Gasteiger partial charge is 0.188 e. The van der Waals surface area contributed by atoms with Gasteiger partial charge in [0.2, 0.25) is 0 Å². The largest absolute Gasteiger partial charge is 0.378 e. The van der Waals surface area contributed by atoms with Crippen LogP contribution in [0.5, 0.6) is 0 Å². The van der Waals surface area contributed by atoms with Crippen LogP contribution in [0.4, 0.5) is 0 Å². The Labute approximate surface area is 120 Å². The standard InChI is InChI=1S/C10H19BO3P2S2/c1-7-8(14-15-2)10(13-9(7)11)4-5-17-16(3,12)18-6-10/h7-9,15H,4-6H2,1-3H3/t7-,8?,9+,10+,16?/m0/s1. The minimum Gasteiger partial charge on any atom is -0.378 e. The van der Waals surface area contributed by atoms with Gasteiger partial charge in [0.15, 0.2) is 5.55 Å². The van der Waals surface area contributed by atoms with Gasteiger partial charge in [-0.3, -0.25) is 0 Å². The maximum atomic E-state index is 12.2. The van der Waals surface area contributed by atoms with Crippen molar-refractivity contribution in [3.63, 3.8) is 0 Å². The van der Waals surface area contributed by atoms with E-state index in [4.69, 9.17) is 17.1 Å². The molecule has 2 fully saturated rings. The molecule has 2 radical (unpaired) electrons. The second-order valence-corrected chi connectivity index (χ2v) is 14.7. The summed E-state index contributed by atoms with van der Waals surface area (Å²) in [5, 5.41) is 0. The van der Waals surface area contributed by atoms with E-state index < -0.39 is 5.55 Å². The summed E-state index contributed by atoms with van der Waals surface area (Å²) in [6, 6.07) is -0.272. The summed E-state index contributed by atoms with van der Waals surface area (Å²) in [5.41, 5.74) is -2.48. The molecule has 0 N–H and O–H groups in total. The van der Waals surface area contributed by atoms with Gasteiger partial charge in [0.05, 0.1) is 6.10 Å². The lowest BCUT2D eigenvalue weighted by Crippen LogP contribution is -2.44. The van der Waals surface area contributed by atoms with E-state index in [1.807, 2.05) is 13.3 Å². The van der Waals surface area contributed by atoms with Gasteiger partial charge in [-0.25, -0.2) is 0 Å². The highest BCUT2D eigenvalue weighted by atomic mass is 33.1. The highest BCUT2D eigenvalue weighted by Gasteiger charge is 2.53. The van der Waals surface area contributed by atoms with Gasteiger partial charge in [0.25, 0.3) is 0 Å². The molecule has 2 aliphatic heterocycles. The molecule has 0 aromatic rings. The average Bonchev–Trinajstić information content (AvgIpc) is 2.45. The van der Waals surface area contributed by atoms with Crippen LogP contribution in [0.1, 0.15) is 13.3 Å². The van der Waals surface area contributed by atoms with Crippen LogP contribution in [0, 0.1) is 5.92 Å². The van der Waals surface area contributed by atoms with Crippen LogP contribution in [-0.2, 0) is 13.8 Å². The summed E-state index contributed by atoms with van der Waals surface area (Å²) < 4.78 is 24.2. The lowest BCUT2D eigenvalue weighted by molar-refractivity contribution is -0.0375. The van der Waals surface area contributed by atoms with Crippen LogP contribution >= 0.6 is 37.1 Å². The Morgan fingerprint density at radius 3 is 2.94 bits per heavy atom. The first-order chi connectivity index (χ1) is 8.40. The average molecular weight is 324 g/mol. The Hall–Kier alpha value is 1.34. The van der Waals surface area contributed by atoms with Gasteiger partial charge in [-0.2, -0.15) is 0 Å². The van der Waals surface area contributed by atoms with E-state index in [1.165, 1.54) is 11.4 Å². The van der Waals surface area contributed by atoms with Crippen LogP contribution < -0.4 is 0 Å². The fraction of sp³-hybridized carbons (Fsp3) is 1.00. The molecule has 1 spiro atoms. The van der Waals surface area contributed by atoms with Gasteiger partial charge >= 0.3 is 0 Å². The quantitative estimate of drug-likeness (QED) is 0.576. The van der Waals surface area contributed by atoms with Crippen LogP contribution in [0.25, 0.3) is 0 Å². The molecule has 0 saturated carbocycles. The third-order valence-electron chi connectivity index (χ3n) is 3.52. The summed E-state index contributed by atoms with van der Waals surface area (Å²) in [6.07, 6.45) is 0.900. The summed E-state index contributed by atoms with van der Waals surface area (Å²) in [5.74, 6) is 1.77. The summed E-state index contributed by atoms with van der Waals surface area (Å²) in [4.78, 5) is 0. The van der Waals surface area contributed by atoms with Gasteiger partial charge in [-0.1, -0.05) is 29.7 Å². The third-order valence-corrected chi connectivity index (χ3v) is 11.6. The molecule has 3 unspecified atom stereocenters. The SMILES string of the molecule is [B][C@@H]1O[C@@]2(CCSP(C)(=O)SC2)C(OPC)[C@@H]1C. The monoisotopic (exact) mass is 324 g/mol. The second-order valence-electron chi connectivity index (χ2n) is 4.88. The van der Waals surface area contributed by atoms with Gasteiger partial charge in [-0.15, -0.1) is 0 Å². The van der Waals surface area contributed by atoms with Crippen molar-refractivity contribution in [2.45, 2.75) is 31.1 Å². The van der Waals surface area contributed by atoms with Crippen molar-refractivity contribution in [2.24, 2.45) is 5.92 Å². The molecule has 2 saturated heterocycles. The van der Waals surface area contributed by atoms with E-state index in [2.05, 4.69) is 6.92 Å². The lowest BCUT2D eigenvalue weighted by Gasteiger charge is -2.33. The Kier molecular flexibility index (Phi) is 5.24. The summed E-state index contributed by atoms with van der Waals surface area (Å²) >= 11 is 3.10. The molecular formula is C10H19BO3P2S2. The molecule has 8 heteroatoms. The fourth-order valence-corrected chi connectivity index (χ4v) is 9.50. The number of ether oxygens (including phenoxy) is 1. The Bertz CT molecular complexity index is 360. The predicted molar refractivity (Wildman–Crippen MR) is 84.7 cm³/mol. The minimum absolute atomic E-state index is 0.0297. The molecule has 0 aromatic heterocycles. The minimum atomic E-state index is -2.13. The van der Waals surface area contributed by atoms with E-state index in [1.54, 1.807) is 11.4 Å². The molecule has 3 nitrogen and oxygen atoms in total. The zero-order chi connectivity index (χ0) is 13.4. The van der Waals surface area contributed by atoms with Crippen LogP contribution in [0.15, 0.2) is 0 Å². The van der Waals surface area contributed by atoms with Crippen molar-refractivity contribution in [2.75, 3.05) is 24.8 Å². The maximum absolute atomic E-state index is 12.2. The second kappa shape index (κ2) is 5.99. The Morgan fingerprint density at radius 1 is 1.56 bits per heavy atom. The van der Waals surface area contributed by atoms with E-state index in [-0.39, 0.29) is 23.6 Å². The van der Waals surface area contributed by atoms with Crippen molar-refractivity contribution in [1.82, 2.24) is 0 Å². The van der Waals surface area contributed by atoms with E-state index in [0.717, 1.165) is 17.9 Å². The zero-order valence-electron chi connectivity index (χ0n) is 10.9. The summed E-state index contributed by atoms with van der Waals surface area (Å²) in [6.45, 7) is 5.95. The maximum Gasteiger partial charge on any atom is 0.188 e. The zero-order valence-corrected chi connectivity index (χ0v) is 14.4. The third kappa shape index (κ3) is 3.15. The first kappa shape index (κ1) is 15.7. The van der Waals surface area contributed by atoms with Crippen LogP contribution in [0.2, 0.25) is 0 Å². The molecule has 102 valence electrons. The van der Waals surface area contributed by atoms with Crippen molar-refractivity contribution in [3.8, 4) is 0 Å². The van der Waals surface area contributed by atoms with Crippen molar-refractivity contribution in [3.05, 3.63) is 0 Å². The van der Waals surface area contributed by atoms with E-state index in [9.17, 15) is 4.57 Å². The van der Waals surface area contributed by atoms with Gasteiger partial charge in [0.1, 0.15) is 13.4 Å². The fourth-order valence-electron chi connectivity index (χ4n) is 2.48. The van der Waals surface area contributed by atoms with Crippen molar-refractivity contribution in [1.29, 1.82) is 0 Å². The first-order valence-corrected chi connectivity index (χ1v) is 12.8. The molecule has 0 bridgehead atoms. The van der Waals surface area contributed by atoms with Crippen molar-refractivity contribution < 1.29 is 13.8 Å². The molecule has 0 aliphatic carbocycles. The van der Waals surface area contributed by atoms with Gasteiger partial charge in [-0.05, 0) is 13.1 Å². The molecule has 2 rings (SSSR count). The molecule has 2 aliphatic rings.